The number of hydrogen-bond donors (Lipinski definition) is 0. The number of carbonyl (C=O) groups excluding carboxylic acids is 2. The molecule has 1 unspecified atom stereocenters. The van der Waals surface area contributed by atoms with Crippen molar-refractivity contribution in [2.24, 2.45) is 5.92 Å². The Hall–Kier alpha value is -1.64. The maximum Gasteiger partial charge on any atom is 0.237 e. The van der Waals surface area contributed by atoms with E-state index in [1.807, 2.05) is 19.1 Å². The zero-order valence-corrected chi connectivity index (χ0v) is 9.77. The predicted octanol–water partition coefficient (Wildman–Crippen LogP) is 2.07. The van der Waals surface area contributed by atoms with E-state index in [1.54, 1.807) is 17.1 Å². The topological polar surface area (TPSA) is 37.4 Å². The molecule has 0 aromatic heterocycles. The molecule has 1 fully saturated rings. The van der Waals surface area contributed by atoms with E-state index in [0.717, 1.165) is 5.70 Å². The summed E-state index contributed by atoms with van der Waals surface area (Å²) in [5.41, 5.74) is 0.827. The normalized spacial score (nSPS) is 21.9. The Morgan fingerprint density at radius 3 is 2.69 bits per heavy atom. The molecule has 0 aliphatic carbocycles. The summed E-state index contributed by atoms with van der Waals surface area (Å²) in [5.74, 6) is -0.586. The van der Waals surface area contributed by atoms with Gasteiger partial charge in [-0.25, -0.2) is 0 Å². The lowest BCUT2D eigenvalue weighted by atomic mass is 10.0. The van der Waals surface area contributed by atoms with Crippen LogP contribution in [0.2, 0.25) is 0 Å². The molecule has 1 aliphatic rings. The van der Waals surface area contributed by atoms with Gasteiger partial charge in [-0.2, -0.15) is 0 Å². The highest BCUT2D eigenvalue weighted by Crippen LogP contribution is 2.23. The van der Waals surface area contributed by atoms with Crippen LogP contribution >= 0.6 is 0 Å². The fourth-order valence-electron chi connectivity index (χ4n) is 1.82. The van der Waals surface area contributed by atoms with Gasteiger partial charge in [-0.1, -0.05) is 24.8 Å². The van der Waals surface area contributed by atoms with Crippen molar-refractivity contribution < 1.29 is 9.59 Å². The third-order valence-corrected chi connectivity index (χ3v) is 2.71. The van der Waals surface area contributed by atoms with Gasteiger partial charge in [0.05, 0.1) is 5.92 Å². The largest absolute Gasteiger partial charge is 0.312 e. The van der Waals surface area contributed by atoms with Crippen LogP contribution in [-0.4, -0.2) is 23.1 Å². The average molecular weight is 219 g/mol. The van der Waals surface area contributed by atoms with Crippen molar-refractivity contribution >= 4 is 11.7 Å². The Balaban J connectivity index is 2.83. The SMILES string of the molecule is C=C/C=C\C(=C/C)N1CCC(C(C)=O)C1=O. The minimum atomic E-state index is -0.452. The van der Waals surface area contributed by atoms with Crippen molar-refractivity contribution in [3.05, 3.63) is 36.6 Å². The van der Waals surface area contributed by atoms with Crippen LogP contribution in [0.4, 0.5) is 0 Å². The minimum absolute atomic E-state index is 0.0457. The van der Waals surface area contributed by atoms with Crippen molar-refractivity contribution in [3.63, 3.8) is 0 Å². The number of ketones is 1. The van der Waals surface area contributed by atoms with Gasteiger partial charge in [0.2, 0.25) is 5.91 Å². The number of likely N-dealkylation sites (tertiary alicyclic amines) is 1. The summed E-state index contributed by atoms with van der Waals surface area (Å²) in [6.45, 7) is 7.54. The number of hydrogen-bond acceptors (Lipinski definition) is 2. The minimum Gasteiger partial charge on any atom is -0.312 e. The van der Waals surface area contributed by atoms with Crippen molar-refractivity contribution in [2.45, 2.75) is 20.3 Å². The molecule has 0 N–H and O–H groups in total. The second-order valence-electron chi connectivity index (χ2n) is 3.75. The van der Waals surface area contributed by atoms with E-state index in [9.17, 15) is 9.59 Å². The molecular formula is C13H17NO2. The van der Waals surface area contributed by atoms with E-state index in [-0.39, 0.29) is 11.7 Å². The number of rotatable bonds is 4. The zero-order chi connectivity index (χ0) is 12.1. The molecule has 0 aromatic rings. The molecule has 0 saturated carbocycles. The van der Waals surface area contributed by atoms with Crippen LogP contribution in [0.3, 0.4) is 0 Å². The quantitative estimate of drug-likeness (QED) is 0.536. The zero-order valence-electron chi connectivity index (χ0n) is 9.77. The van der Waals surface area contributed by atoms with Crippen LogP contribution in [0.15, 0.2) is 36.6 Å². The standard InChI is InChI=1S/C13H17NO2/c1-4-6-7-11(5-2)14-9-8-12(10(3)15)13(14)16/h4-7,12H,1,8-9H2,2-3H3/b7-6-,11-5+. The molecule has 0 spiro atoms. The Morgan fingerprint density at radius 1 is 1.56 bits per heavy atom. The van der Waals surface area contributed by atoms with Gasteiger partial charge in [0, 0.05) is 12.2 Å². The number of carbonyl (C=O) groups is 2. The van der Waals surface area contributed by atoms with Gasteiger partial charge < -0.3 is 4.90 Å². The Bertz CT molecular complexity index is 366. The molecule has 0 radical (unpaired) electrons. The van der Waals surface area contributed by atoms with Gasteiger partial charge in [0.25, 0.3) is 0 Å². The molecule has 3 nitrogen and oxygen atoms in total. The molecule has 1 rings (SSSR count). The molecule has 3 heteroatoms. The molecule has 1 atom stereocenters. The molecule has 1 heterocycles. The third kappa shape index (κ3) is 2.48. The van der Waals surface area contributed by atoms with Gasteiger partial charge in [-0.15, -0.1) is 0 Å². The lowest BCUT2D eigenvalue weighted by Gasteiger charge is -2.17. The summed E-state index contributed by atoms with van der Waals surface area (Å²) in [6.07, 6.45) is 7.75. The lowest BCUT2D eigenvalue weighted by molar-refractivity contribution is -0.134. The summed E-state index contributed by atoms with van der Waals surface area (Å²) >= 11 is 0. The first-order valence-corrected chi connectivity index (χ1v) is 5.39. The summed E-state index contributed by atoms with van der Waals surface area (Å²) < 4.78 is 0. The van der Waals surface area contributed by atoms with Gasteiger partial charge in [-0.05, 0) is 26.3 Å². The van der Waals surface area contributed by atoms with E-state index < -0.39 is 5.92 Å². The fourth-order valence-corrected chi connectivity index (χ4v) is 1.82. The molecule has 16 heavy (non-hydrogen) atoms. The maximum atomic E-state index is 11.9. The average Bonchev–Trinajstić information content (AvgIpc) is 2.62. The first-order chi connectivity index (χ1) is 7.61. The fraction of sp³-hybridized carbons (Fsp3) is 0.385. The Morgan fingerprint density at radius 2 is 2.25 bits per heavy atom. The molecule has 86 valence electrons. The molecule has 0 aromatic carbocycles. The van der Waals surface area contributed by atoms with Crippen molar-refractivity contribution in [1.82, 2.24) is 4.90 Å². The van der Waals surface area contributed by atoms with Gasteiger partial charge in [0.1, 0.15) is 5.78 Å². The van der Waals surface area contributed by atoms with E-state index in [1.165, 1.54) is 6.92 Å². The van der Waals surface area contributed by atoms with Crippen LogP contribution in [-0.2, 0) is 9.59 Å². The van der Waals surface area contributed by atoms with Crippen molar-refractivity contribution in [1.29, 1.82) is 0 Å². The van der Waals surface area contributed by atoms with E-state index >= 15 is 0 Å². The maximum absolute atomic E-state index is 11.9. The second kappa shape index (κ2) is 5.45. The summed E-state index contributed by atoms with van der Waals surface area (Å²) in [7, 11) is 0. The summed E-state index contributed by atoms with van der Waals surface area (Å²) in [6, 6.07) is 0. The highest BCUT2D eigenvalue weighted by Gasteiger charge is 2.35. The van der Waals surface area contributed by atoms with Crippen LogP contribution in [0.25, 0.3) is 0 Å². The Labute approximate surface area is 96.1 Å². The second-order valence-corrected chi connectivity index (χ2v) is 3.75. The molecule has 0 bridgehead atoms. The smallest absolute Gasteiger partial charge is 0.237 e. The summed E-state index contributed by atoms with van der Waals surface area (Å²) in [5, 5.41) is 0. The summed E-state index contributed by atoms with van der Waals surface area (Å²) in [4.78, 5) is 24.8. The monoisotopic (exact) mass is 219 g/mol. The van der Waals surface area contributed by atoms with Crippen LogP contribution < -0.4 is 0 Å². The van der Waals surface area contributed by atoms with Gasteiger partial charge >= 0.3 is 0 Å². The molecule has 1 amide bonds. The first-order valence-electron chi connectivity index (χ1n) is 5.39. The number of amides is 1. The van der Waals surface area contributed by atoms with Crippen molar-refractivity contribution in [3.8, 4) is 0 Å². The van der Waals surface area contributed by atoms with Gasteiger partial charge in [0.15, 0.2) is 0 Å². The third-order valence-electron chi connectivity index (χ3n) is 2.71. The van der Waals surface area contributed by atoms with E-state index in [4.69, 9.17) is 0 Å². The number of Topliss-reactive ketones (excluding diaryl/α,β-unsaturated/α-hetero) is 1. The highest BCUT2D eigenvalue weighted by molar-refractivity contribution is 6.02. The highest BCUT2D eigenvalue weighted by atomic mass is 16.2. The number of allylic oxidation sites excluding steroid dienone is 4. The van der Waals surface area contributed by atoms with Crippen LogP contribution in [0.1, 0.15) is 20.3 Å². The van der Waals surface area contributed by atoms with Crippen LogP contribution in [0.5, 0.6) is 0 Å². The number of nitrogens with zero attached hydrogens (tertiary/aromatic N) is 1. The van der Waals surface area contributed by atoms with Crippen LogP contribution in [0, 0.1) is 5.92 Å². The van der Waals surface area contributed by atoms with E-state index in [0.29, 0.717) is 13.0 Å². The first kappa shape index (κ1) is 12.4. The van der Waals surface area contributed by atoms with Crippen molar-refractivity contribution in [2.75, 3.05) is 6.54 Å². The van der Waals surface area contributed by atoms with Gasteiger partial charge in [-0.3, -0.25) is 9.59 Å². The molecular weight excluding hydrogens is 202 g/mol. The molecule has 1 aliphatic heterocycles. The van der Waals surface area contributed by atoms with E-state index in [2.05, 4.69) is 6.58 Å². The Kier molecular flexibility index (Phi) is 4.23. The predicted molar refractivity (Wildman–Crippen MR) is 63.6 cm³/mol. The lowest BCUT2D eigenvalue weighted by Crippen LogP contribution is -2.28. The molecule has 1 saturated heterocycles.